The number of alkyl halides is 3. The zero-order chi connectivity index (χ0) is 28.6. The van der Waals surface area contributed by atoms with E-state index in [-0.39, 0.29) is 52.2 Å². The van der Waals surface area contributed by atoms with Gasteiger partial charge in [0.15, 0.2) is 5.69 Å². The average Bonchev–Trinajstić information content (AvgIpc) is 3.24. The number of carboxylic acid groups (broad SMARTS) is 1. The van der Waals surface area contributed by atoms with E-state index in [9.17, 15) is 32.3 Å². The van der Waals surface area contributed by atoms with E-state index in [4.69, 9.17) is 16.3 Å². The third kappa shape index (κ3) is 5.50. The maximum absolute atomic E-state index is 14.4. The average molecular weight is 569 g/mol. The van der Waals surface area contributed by atoms with Gasteiger partial charge >= 0.3 is 12.1 Å². The number of carboxylic acids is 1. The van der Waals surface area contributed by atoms with E-state index in [1.165, 1.54) is 32.2 Å². The molecule has 0 spiro atoms. The predicted octanol–water partition coefficient (Wildman–Crippen LogP) is 4.88. The van der Waals surface area contributed by atoms with Crippen LogP contribution in [0.15, 0.2) is 35.4 Å². The zero-order valence-corrected chi connectivity index (χ0v) is 21.4. The van der Waals surface area contributed by atoms with Gasteiger partial charge in [0.25, 0.3) is 5.56 Å². The molecule has 0 saturated carbocycles. The van der Waals surface area contributed by atoms with Gasteiger partial charge in [-0.3, -0.25) is 9.20 Å². The van der Waals surface area contributed by atoms with Crippen LogP contribution in [0.5, 0.6) is 5.88 Å². The highest BCUT2D eigenvalue weighted by Gasteiger charge is 2.33. The normalized spacial score (nSPS) is 12.5. The molecule has 0 aliphatic rings. The smallest absolute Gasteiger partial charge is 0.417 e. The first kappa shape index (κ1) is 27.8. The first-order chi connectivity index (χ1) is 18.3. The molecule has 206 valence electrons. The van der Waals surface area contributed by atoms with Gasteiger partial charge in [0.1, 0.15) is 17.4 Å². The summed E-state index contributed by atoms with van der Waals surface area (Å²) in [6, 6.07) is 2.42. The molecule has 4 rings (SSSR count). The van der Waals surface area contributed by atoms with Crippen LogP contribution in [0.25, 0.3) is 5.65 Å². The number of rotatable bonds is 8. The van der Waals surface area contributed by atoms with E-state index >= 15 is 0 Å². The minimum absolute atomic E-state index is 0.0238. The highest BCUT2D eigenvalue weighted by atomic mass is 35.5. The quantitative estimate of drug-likeness (QED) is 0.228. The second-order valence-corrected chi connectivity index (χ2v) is 8.88. The lowest BCUT2D eigenvalue weighted by Crippen LogP contribution is -2.24. The summed E-state index contributed by atoms with van der Waals surface area (Å²) in [5, 5.41) is 16.1. The number of aromatic carboxylic acids is 1. The summed E-state index contributed by atoms with van der Waals surface area (Å²) in [6.45, 7) is 4.42. The lowest BCUT2D eigenvalue weighted by molar-refractivity contribution is -0.137. The van der Waals surface area contributed by atoms with Crippen molar-refractivity contribution in [1.29, 1.82) is 0 Å². The molecule has 4 heterocycles. The Morgan fingerprint density at radius 3 is 2.62 bits per heavy atom. The third-order valence-electron chi connectivity index (χ3n) is 5.87. The highest BCUT2D eigenvalue weighted by Crippen LogP contribution is 2.34. The summed E-state index contributed by atoms with van der Waals surface area (Å²) in [7, 11) is 0. The Morgan fingerprint density at radius 2 is 2.00 bits per heavy atom. The van der Waals surface area contributed by atoms with Gasteiger partial charge in [0, 0.05) is 18.3 Å². The minimum Gasteiger partial charge on any atom is -0.476 e. The summed E-state index contributed by atoms with van der Waals surface area (Å²) in [6.07, 6.45) is -2.93. The van der Waals surface area contributed by atoms with Gasteiger partial charge in [-0.15, -0.1) is 0 Å². The van der Waals surface area contributed by atoms with Crippen molar-refractivity contribution in [3.63, 3.8) is 0 Å². The molecule has 0 aliphatic carbocycles. The summed E-state index contributed by atoms with van der Waals surface area (Å²) >= 11 is 5.79. The number of fused-ring (bicyclic) bond motifs is 1. The van der Waals surface area contributed by atoms with Crippen LogP contribution in [0.2, 0.25) is 5.15 Å². The number of halogens is 5. The fourth-order valence-electron chi connectivity index (χ4n) is 3.85. The Balaban J connectivity index is 1.83. The maximum atomic E-state index is 14.4. The fraction of sp³-hybridized carbons (Fsp3) is 0.292. The summed E-state index contributed by atoms with van der Waals surface area (Å²) < 4.78 is 63.1. The molecule has 0 aliphatic heterocycles. The van der Waals surface area contributed by atoms with Gasteiger partial charge in [0.05, 0.1) is 34.6 Å². The minimum atomic E-state index is -4.81. The van der Waals surface area contributed by atoms with Crippen LogP contribution in [0.1, 0.15) is 52.6 Å². The predicted molar refractivity (Wildman–Crippen MR) is 132 cm³/mol. The van der Waals surface area contributed by atoms with Crippen LogP contribution in [-0.2, 0) is 19.3 Å². The second-order valence-electron chi connectivity index (χ2n) is 8.49. The highest BCUT2D eigenvalue weighted by molar-refractivity contribution is 6.29. The van der Waals surface area contributed by atoms with Crippen molar-refractivity contribution in [2.75, 3.05) is 5.32 Å². The van der Waals surface area contributed by atoms with Crippen molar-refractivity contribution >= 4 is 28.9 Å². The third-order valence-corrected chi connectivity index (χ3v) is 6.08. The molecule has 0 saturated heterocycles. The molecule has 4 aromatic rings. The molecule has 0 fully saturated rings. The molecule has 0 bridgehead atoms. The van der Waals surface area contributed by atoms with E-state index in [2.05, 4.69) is 20.4 Å². The molecule has 0 amide bonds. The van der Waals surface area contributed by atoms with Gasteiger partial charge in [0.2, 0.25) is 11.8 Å². The Morgan fingerprint density at radius 1 is 1.28 bits per heavy atom. The number of pyridine rings is 2. The van der Waals surface area contributed by atoms with Crippen molar-refractivity contribution < 1.29 is 32.2 Å². The summed E-state index contributed by atoms with van der Waals surface area (Å²) in [5.74, 6) is -2.26. The molecular weight excluding hydrogens is 548 g/mol. The summed E-state index contributed by atoms with van der Waals surface area (Å²) in [5.41, 5.74) is -2.72. The van der Waals surface area contributed by atoms with E-state index < -0.39 is 41.0 Å². The Labute approximate surface area is 222 Å². The van der Waals surface area contributed by atoms with Gasteiger partial charge in [-0.1, -0.05) is 11.6 Å². The monoisotopic (exact) mass is 568 g/mol. The second kappa shape index (κ2) is 10.5. The van der Waals surface area contributed by atoms with Crippen molar-refractivity contribution in [3.8, 4) is 5.88 Å². The number of nitrogens with one attached hydrogen (secondary N) is 1. The lowest BCUT2D eigenvalue weighted by Gasteiger charge is -2.21. The van der Waals surface area contributed by atoms with Crippen molar-refractivity contribution in [2.24, 2.45) is 0 Å². The first-order valence-electron chi connectivity index (χ1n) is 11.4. The van der Waals surface area contributed by atoms with Crippen LogP contribution < -0.4 is 15.6 Å². The van der Waals surface area contributed by atoms with Gasteiger partial charge < -0.3 is 15.2 Å². The molecule has 1 atom stereocenters. The van der Waals surface area contributed by atoms with Crippen LogP contribution in [0.3, 0.4) is 0 Å². The fourth-order valence-corrected chi connectivity index (χ4v) is 3.99. The van der Waals surface area contributed by atoms with Crippen LogP contribution in [0.4, 0.5) is 23.2 Å². The summed E-state index contributed by atoms with van der Waals surface area (Å²) in [4.78, 5) is 32.8. The number of ether oxygens (including phenoxy) is 1. The standard InChI is InChI=1S/C24H21ClF4N6O4/c1-4-35-19(26)13(8-30-35)10-39-21-11(2)22(36)34-9-14(24(27,28)29)7-15(20(34)33-21)12(3)31-16-5-6-17(25)32-18(16)23(37)38/h5-9,12,31H,4,10H2,1-3H3,(H,37,38)/t12-/m1/s1. The molecular formula is C24H21ClF4N6O4. The topological polar surface area (TPSA) is 124 Å². The number of anilines is 1. The molecule has 39 heavy (non-hydrogen) atoms. The van der Waals surface area contributed by atoms with E-state index in [1.54, 1.807) is 6.92 Å². The van der Waals surface area contributed by atoms with Crippen LogP contribution in [-0.4, -0.2) is 35.2 Å². The Hall–Kier alpha value is -4.20. The van der Waals surface area contributed by atoms with E-state index in [0.717, 1.165) is 15.1 Å². The number of aryl methyl sites for hydroxylation is 1. The van der Waals surface area contributed by atoms with Gasteiger partial charge in [-0.25, -0.2) is 14.5 Å². The van der Waals surface area contributed by atoms with Crippen molar-refractivity contribution in [1.82, 2.24) is 24.1 Å². The van der Waals surface area contributed by atoms with Crippen LogP contribution in [0, 0.1) is 12.9 Å². The lowest BCUT2D eigenvalue weighted by atomic mass is 10.1. The Kier molecular flexibility index (Phi) is 7.50. The van der Waals surface area contributed by atoms with Gasteiger partial charge in [-0.2, -0.15) is 27.6 Å². The van der Waals surface area contributed by atoms with Crippen molar-refractivity contribution in [2.45, 2.75) is 46.1 Å². The number of hydrogen-bond acceptors (Lipinski definition) is 7. The molecule has 4 aromatic heterocycles. The molecule has 0 radical (unpaired) electrons. The molecule has 15 heteroatoms. The molecule has 10 nitrogen and oxygen atoms in total. The van der Waals surface area contributed by atoms with E-state index in [1.807, 2.05) is 0 Å². The maximum Gasteiger partial charge on any atom is 0.417 e. The molecule has 0 aromatic carbocycles. The van der Waals surface area contributed by atoms with Crippen LogP contribution >= 0.6 is 11.6 Å². The molecule has 2 N–H and O–H groups in total. The number of hydrogen-bond donors (Lipinski definition) is 2. The van der Waals surface area contributed by atoms with Crippen molar-refractivity contribution in [3.05, 3.63) is 80.0 Å². The van der Waals surface area contributed by atoms with E-state index in [0.29, 0.717) is 6.20 Å². The number of carbonyl (C=O) groups is 1. The largest absolute Gasteiger partial charge is 0.476 e. The van der Waals surface area contributed by atoms with Gasteiger partial charge in [-0.05, 0) is 39.0 Å². The zero-order valence-electron chi connectivity index (χ0n) is 20.7. The number of nitrogens with zero attached hydrogens (tertiary/aromatic N) is 5. The molecule has 0 unspecified atom stereocenters. The number of aromatic nitrogens is 5. The SMILES string of the molecule is CCn1ncc(COc2nc3c([C@@H](C)Nc4ccc(Cl)nc4C(=O)O)cc(C(F)(F)F)cn3c(=O)c2C)c1F. The Bertz CT molecular complexity index is 1640. The first-order valence-corrected chi connectivity index (χ1v) is 11.8.